The van der Waals surface area contributed by atoms with E-state index in [1.54, 1.807) is 12.1 Å². The van der Waals surface area contributed by atoms with Gasteiger partial charge in [0.25, 0.3) is 0 Å². The molecule has 1 nitrogen and oxygen atoms in total. The van der Waals surface area contributed by atoms with Crippen LogP contribution in [0, 0.1) is 24.6 Å². The van der Waals surface area contributed by atoms with Crippen molar-refractivity contribution < 1.29 is 4.39 Å². The van der Waals surface area contributed by atoms with Crippen LogP contribution >= 0.6 is 0 Å². The molecule has 1 atom stereocenters. The summed E-state index contributed by atoms with van der Waals surface area (Å²) < 4.78 is 13.3. The molecule has 1 aliphatic carbocycles. The van der Waals surface area contributed by atoms with Crippen LogP contribution in [-0.2, 0) is 0 Å². The lowest BCUT2D eigenvalue weighted by Gasteiger charge is -2.34. The van der Waals surface area contributed by atoms with Gasteiger partial charge in [-0.1, -0.05) is 38.7 Å². The van der Waals surface area contributed by atoms with E-state index in [1.165, 1.54) is 44.1 Å². The Hall–Kier alpha value is -0.890. The molecule has 0 bridgehead atoms. The van der Waals surface area contributed by atoms with Crippen LogP contribution in [0.3, 0.4) is 0 Å². The van der Waals surface area contributed by atoms with E-state index in [1.807, 2.05) is 20.0 Å². The largest absolute Gasteiger partial charge is 0.313 e. The fraction of sp³-hybridized carbons (Fsp3) is 0.667. The Morgan fingerprint density at radius 2 is 1.95 bits per heavy atom. The van der Waals surface area contributed by atoms with Gasteiger partial charge < -0.3 is 5.32 Å². The highest BCUT2D eigenvalue weighted by atomic mass is 19.1. The van der Waals surface area contributed by atoms with Crippen molar-refractivity contribution in [1.29, 1.82) is 0 Å². The number of hydrogen-bond acceptors (Lipinski definition) is 1. The molecular weight excluding hydrogens is 249 g/mol. The van der Waals surface area contributed by atoms with Gasteiger partial charge in [-0.05, 0) is 61.9 Å². The summed E-state index contributed by atoms with van der Waals surface area (Å²) in [6, 6.07) is 5.58. The molecule has 0 radical (unpaired) electrons. The summed E-state index contributed by atoms with van der Waals surface area (Å²) in [5, 5.41) is 3.47. The van der Waals surface area contributed by atoms with Crippen LogP contribution in [0.15, 0.2) is 18.2 Å². The normalized spacial score (nSPS) is 24.6. The molecule has 0 saturated heterocycles. The average molecular weight is 277 g/mol. The topological polar surface area (TPSA) is 12.0 Å². The molecule has 2 heteroatoms. The highest BCUT2D eigenvalue weighted by Gasteiger charge is 2.28. The Labute approximate surface area is 123 Å². The van der Waals surface area contributed by atoms with Gasteiger partial charge in [0, 0.05) is 6.04 Å². The SMILES string of the molecule is CCCC1CCC(C(NC)c2ccc(F)cc2C)CC1. The van der Waals surface area contributed by atoms with Gasteiger partial charge in [0.2, 0.25) is 0 Å². The van der Waals surface area contributed by atoms with Crippen LogP contribution in [0.4, 0.5) is 4.39 Å². The summed E-state index contributed by atoms with van der Waals surface area (Å²) in [6.07, 6.45) is 8.00. The molecule has 20 heavy (non-hydrogen) atoms. The molecule has 1 aromatic rings. The second kappa shape index (κ2) is 7.21. The molecule has 0 heterocycles. The van der Waals surface area contributed by atoms with Crippen molar-refractivity contribution in [2.75, 3.05) is 7.05 Å². The molecular formula is C18H28FN. The van der Waals surface area contributed by atoms with Crippen LogP contribution in [0.5, 0.6) is 0 Å². The van der Waals surface area contributed by atoms with Crippen molar-refractivity contribution in [1.82, 2.24) is 5.32 Å². The van der Waals surface area contributed by atoms with Gasteiger partial charge in [0.15, 0.2) is 0 Å². The molecule has 0 aliphatic heterocycles. The van der Waals surface area contributed by atoms with E-state index in [0.717, 1.165) is 11.5 Å². The summed E-state index contributed by atoms with van der Waals surface area (Å²) in [6.45, 7) is 4.30. The first-order valence-corrected chi connectivity index (χ1v) is 8.09. The van der Waals surface area contributed by atoms with Gasteiger partial charge in [0.1, 0.15) is 5.82 Å². The van der Waals surface area contributed by atoms with E-state index in [2.05, 4.69) is 12.2 Å². The number of halogens is 1. The van der Waals surface area contributed by atoms with E-state index in [4.69, 9.17) is 0 Å². The van der Waals surface area contributed by atoms with Crippen LogP contribution in [0.2, 0.25) is 0 Å². The lowest BCUT2D eigenvalue weighted by atomic mass is 9.75. The van der Waals surface area contributed by atoms with Crippen LogP contribution in [0.1, 0.15) is 62.6 Å². The first-order chi connectivity index (χ1) is 9.65. The minimum absolute atomic E-state index is 0.132. The van der Waals surface area contributed by atoms with Crippen LogP contribution in [-0.4, -0.2) is 7.05 Å². The van der Waals surface area contributed by atoms with Gasteiger partial charge in [-0.2, -0.15) is 0 Å². The zero-order valence-corrected chi connectivity index (χ0v) is 13.1. The van der Waals surface area contributed by atoms with E-state index in [0.29, 0.717) is 12.0 Å². The van der Waals surface area contributed by atoms with E-state index in [-0.39, 0.29) is 5.82 Å². The smallest absolute Gasteiger partial charge is 0.123 e. The maximum absolute atomic E-state index is 13.3. The van der Waals surface area contributed by atoms with Crippen molar-refractivity contribution >= 4 is 0 Å². The Morgan fingerprint density at radius 1 is 1.25 bits per heavy atom. The van der Waals surface area contributed by atoms with Gasteiger partial charge in [-0.25, -0.2) is 4.39 Å². The zero-order valence-electron chi connectivity index (χ0n) is 13.1. The molecule has 0 amide bonds. The Morgan fingerprint density at radius 3 is 2.50 bits per heavy atom. The van der Waals surface area contributed by atoms with Gasteiger partial charge in [0.05, 0.1) is 0 Å². The molecule has 1 aliphatic rings. The van der Waals surface area contributed by atoms with Crippen molar-refractivity contribution in [3.05, 3.63) is 35.1 Å². The van der Waals surface area contributed by atoms with Gasteiger partial charge >= 0.3 is 0 Å². The Kier molecular flexibility index (Phi) is 5.59. The van der Waals surface area contributed by atoms with Gasteiger partial charge in [-0.15, -0.1) is 0 Å². The predicted molar refractivity (Wildman–Crippen MR) is 83.3 cm³/mol. The van der Waals surface area contributed by atoms with E-state index in [9.17, 15) is 4.39 Å². The van der Waals surface area contributed by atoms with Crippen LogP contribution in [0.25, 0.3) is 0 Å². The number of nitrogens with one attached hydrogen (secondary N) is 1. The molecule has 1 fully saturated rings. The maximum atomic E-state index is 13.3. The van der Waals surface area contributed by atoms with Gasteiger partial charge in [-0.3, -0.25) is 0 Å². The highest BCUT2D eigenvalue weighted by molar-refractivity contribution is 5.30. The van der Waals surface area contributed by atoms with Crippen molar-refractivity contribution in [3.8, 4) is 0 Å². The first kappa shape index (κ1) is 15.5. The molecule has 0 spiro atoms. The number of rotatable bonds is 5. The fourth-order valence-electron chi connectivity index (χ4n) is 3.85. The number of aryl methyl sites for hydroxylation is 1. The summed E-state index contributed by atoms with van der Waals surface area (Å²) in [5.74, 6) is 1.49. The Bertz CT molecular complexity index is 421. The predicted octanol–water partition coefficient (Wildman–Crippen LogP) is 5.00. The minimum Gasteiger partial charge on any atom is -0.313 e. The first-order valence-electron chi connectivity index (χ1n) is 8.09. The third-order valence-electron chi connectivity index (χ3n) is 4.94. The van der Waals surface area contributed by atoms with E-state index < -0.39 is 0 Å². The molecule has 0 aromatic heterocycles. The van der Waals surface area contributed by atoms with Crippen molar-refractivity contribution in [2.24, 2.45) is 11.8 Å². The summed E-state index contributed by atoms with van der Waals surface area (Å²) in [4.78, 5) is 0. The summed E-state index contributed by atoms with van der Waals surface area (Å²) in [7, 11) is 2.03. The molecule has 1 saturated carbocycles. The third kappa shape index (κ3) is 3.60. The standard InChI is InChI=1S/C18H28FN/c1-4-5-14-6-8-15(9-7-14)18(20-3)17-11-10-16(19)12-13(17)2/h10-12,14-15,18,20H,4-9H2,1-3H3. The molecule has 1 N–H and O–H groups in total. The molecule has 1 aromatic carbocycles. The monoisotopic (exact) mass is 277 g/mol. The second-order valence-electron chi connectivity index (χ2n) is 6.34. The Balaban J connectivity index is 2.05. The molecule has 112 valence electrons. The third-order valence-corrected chi connectivity index (χ3v) is 4.94. The lowest BCUT2D eigenvalue weighted by Crippen LogP contribution is -2.29. The zero-order chi connectivity index (χ0) is 14.5. The molecule has 2 rings (SSSR count). The highest BCUT2D eigenvalue weighted by Crippen LogP contribution is 2.39. The van der Waals surface area contributed by atoms with Crippen molar-refractivity contribution in [2.45, 2.75) is 58.4 Å². The lowest BCUT2D eigenvalue weighted by molar-refractivity contribution is 0.219. The number of benzene rings is 1. The summed E-state index contributed by atoms with van der Waals surface area (Å²) in [5.41, 5.74) is 2.34. The quantitative estimate of drug-likeness (QED) is 0.798. The minimum atomic E-state index is -0.132. The van der Waals surface area contributed by atoms with E-state index >= 15 is 0 Å². The number of hydrogen-bond donors (Lipinski definition) is 1. The maximum Gasteiger partial charge on any atom is 0.123 e. The van der Waals surface area contributed by atoms with Crippen molar-refractivity contribution in [3.63, 3.8) is 0 Å². The fourth-order valence-corrected chi connectivity index (χ4v) is 3.85. The molecule has 1 unspecified atom stereocenters. The second-order valence-corrected chi connectivity index (χ2v) is 6.34. The summed E-state index contributed by atoms with van der Waals surface area (Å²) >= 11 is 0. The van der Waals surface area contributed by atoms with Crippen LogP contribution < -0.4 is 5.32 Å². The average Bonchev–Trinajstić information content (AvgIpc) is 2.44.